The fraction of sp³-hybridized carbons (Fsp3) is 0.556. The third-order valence-electron chi connectivity index (χ3n) is 7.46. The number of hydrogen-bond acceptors (Lipinski definition) is 7. The number of ether oxygens (including phenoxy) is 1. The number of aliphatic hydroxyl groups excluding tert-OH is 1. The van der Waals surface area contributed by atoms with Crippen LogP contribution in [0, 0.1) is 5.92 Å². The van der Waals surface area contributed by atoms with Gasteiger partial charge in [-0.25, -0.2) is 13.2 Å². The molecule has 3 amide bonds. The molecule has 3 N–H and O–H groups in total. The molecule has 1 aliphatic heterocycles. The fourth-order valence-corrected chi connectivity index (χ4v) is 7.42. The summed E-state index contributed by atoms with van der Waals surface area (Å²) >= 11 is 1.15. The van der Waals surface area contributed by atoms with Crippen molar-refractivity contribution in [2.75, 3.05) is 32.1 Å². The third kappa shape index (κ3) is 6.92. The Labute approximate surface area is 234 Å². The summed E-state index contributed by atoms with van der Waals surface area (Å²) in [5.74, 6) is -0.268. The summed E-state index contributed by atoms with van der Waals surface area (Å²) in [6, 6.07) is 7.48. The Balaban J connectivity index is 1.58. The lowest BCUT2D eigenvalue weighted by atomic mass is 9.96. The molecule has 1 fully saturated rings. The number of hydrogen-bond donors (Lipinski definition) is 3. The van der Waals surface area contributed by atoms with Gasteiger partial charge in [0.25, 0.3) is 15.9 Å². The van der Waals surface area contributed by atoms with E-state index in [1.807, 2.05) is 6.92 Å². The number of likely N-dealkylation sites (N-methyl/N-ethyl adjacent to an activating group) is 1. The molecule has 0 saturated heterocycles. The maximum Gasteiger partial charge on any atom is 0.319 e. The van der Waals surface area contributed by atoms with E-state index in [0.29, 0.717) is 11.4 Å². The topological polar surface area (TPSA) is 128 Å². The van der Waals surface area contributed by atoms with Crippen LogP contribution in [0.4, 0.5) is 10.5 Å². The number of carbonyl (C=O) groups is 2. The molecule has 214 valence electrons. The molecule has 1 saturated carbocycles. The van der Waals surface area contributed by atoms with Gasteiger partial charge in [0.1, 0.15) is 16.1 Å². The van der Waals surface area contributed by atoms with Crippen LogP contribution in [0.2, 0.25) is 0 Å². The number of thiophene rings is 1. The molecule has 2 aliphatic rings. The van der Waals surface area contributed by atoms with Crippen LogP contribution in [-0.4, -0.2) is 79.6 Å². The highest BCUT2D eigenvalue weighted by molar-refractivity contribution is 7.91. The molecule has 4 rings (SSSR count). The predicted octanol–water partition coefficient (Wildman–Crippen LogP) is 3.74. The number of anilines is 1. The zero-order chi connectivity index (χ0) is 28.2. The Morgan fingerprint density at radius 3 is 2.67 bits per heavy atom. The lowest BCUT2D eigenvalue weighted by Gasteiger charge is -2.38. The Hall–Kier alpha value is -2.67. The minimum atomic E-state index is -3.70. The van der Waals surface area contributed by atoms with Gasteiger partial charge >= 0.3 is 6.03 Å². The lowest BCUT2D eigenvalue weighted by Crippen LogP contribution is -2.50. The minimum absolute atomic E-state index is 0.0696. The molecular formula is C27H38N4O6S2. The van der Waals surface area contributed by atoms with Gasteiger partial charge in [-0.3, -0.25) is 4.79 Å². The summed E-state index contributed by atoms with van der Waals surface area (Å²) in [4.78, 5) is 27.9. The summed E-state index contributed by atoms with van der Waals surface area (Å²) in [5.41, 5.74) is 0.685. The van der Waals surface area contributed by atoms with E-state index < -0.39 is 22.2 Å². The summed E-state index contributed by atoms with van der Waals surface area (Å²) in [6.07, 6.45) is 4.71. The molecule has 10 nitrogen and oxygen atoms in total. The second-order valence-corrected chi connectivity index (χ2v) is 13.7. The second-order valence-electron chi connectivity index (χ2n) is 10.5. The number of sulfonamides is 1. The molecule has 2 aromatic rings. The van der Waals surface area contributed by atoms with Gasteiger partial charge in [-0.15, -0.1) is 11.3 Å². The number of nitrogens with one attached hydrogen (secondary N) is 2. The first-order valence-electron chi connectivity index (χ1n) is 13.4. The molecule has 0 bridgehead atoms. The highest BCUT2D eigenvalue weighted by Crippen LogP contribution is 2.31. The molecular weight excluding hydrogens is 540 g/mol. The zero-order valence-corrected chi connectivity index (χ0v) is 24.3. The van der Waals surface area contributed by atoms with E-state index in [-0.39, 0.29) is 53.4 Å². The molecule has 2 heterocycles. The van der Waals surface area contributed by atoms with Crippen LogP contribution in [-0.2, 0) is 10.0 Å². The van der Waals surface area contributed by atoms with Crippen LogP contribution in [0.3, 0.4) is 0 Å². The van der Waals surface area contributed by atoms with E-state index in [9.17, 15) is 23.1 Å². The molecule has 3 atom stereocenters. The number of urea groups is 1. The first-order valence-corrected chi connectivity index (χ1v) is 15.7. The number of fused-ring (bicyclic) bond motifs is 1. The molecule has 0 spiro atoms. The summed E-state index contributed by atoms with van der Waals surface area (Å²) in [7, 11) is -2.18. The predicted molar refractivity (Wildman–Crippen MR) is 151 cm³/mol. The fourth-order valence-electron chi connectivity index (χ4n) is 5.03. The van der Waals surface area contributed by atoms with Crippen molar-refractivity contribution in [1.82, 2.24) is 14.5 Å². The van der Waals surface area contributed by atoms with E-state index in [0.717, 1.165) is 37.0 Å². The SMILES string of the molecule is C[C@@H]1CN([C@@H](C)CO)C(=O)c2cc(NC(=O)NC3CCCCC3)ccc2O[C@H]1CN(C)S(=O)(=O)c1cccs1. The molecule has 39 heavy (non-hydrogen) atoms. The van der Waals surface area contributed by atoms with Crippen LogP contribution in [0.15, 0.2) is 39.9 Å². The average Bonchev–Trinajstić information content (AvgIpc) is 3.47. The van der Waals surface area contributed by atoms with E-state index in [1.54, 1.807) is 47.5 Å². The Morgan fingerprint density at radius 2 is 2.00 bits per heavy atom. The van der Waals surface area contributed by atoms with Crippen molar-refractivity contribution in [1.29, 1.82) is 0 Å². The van der Waals surface area contributed by atoms with Gasteiger partial charge in [-0.05, 0) is 49.4 Å². The monoisotopic (exact) mass is 578 g/mol. The van der Waals surface area contributed by atoms with Gasteiger partial charge in [0.2, 0.25) is 0 Å². The molecule has 0 unspecified atom stereocenters. The number of carbonyl (C=O) groups excluding carboxylic acids is 2. The van der Waals surface area contributed by atoms with Crippen LogP contribution in [0.5, 0.6) is 5.75 Å². The number of nitrogens with zero attached hydrogens (tertiary/aromatic N) is 2. The normalized spacial score (nSPS) is 21.5. The van der Waals surface area contributed by atoms with E-state index >= 15 is 0 Å². The van der Waals surface area contributed by atoms with Crippen LogP contribution < -0.4 is 15.4 Å². The summed E-state index contributed by atoms with van der Waals surface area (Å²) in [5, 5.41) is 17.4. The van der Waals surface area contributed by atoms with Gasteiger partial charge in [0.15, 0.2) is 0 Å². The molecule has 1 aromatic carbocycles. The molecule has 1 aliphatic carbocycles. The first-order chi connectivity index (χ1) is 18.6. The van der Waals surface area contributed by atoms with Crippen LogP contribution >= 0.6 is 11.3 Å². The van der Waals surface area contributed by atoms with E-state index in [1.165, 1.54) is 17.8 Å². The largest absolute Gasteiger partial charge is 0.488 e. The molecule has 1 aromatic heterocycles. The van der Waals surface area contributed by atoms with Crippen LogP contribution in [0.1, 0.15) is 56.3 Å². The van der Waals surface area contributed by atoms with Crippen molar-refractivity contribution in [3.8, 4) is 5.75 Å². The van der Waals surface area contributed by atoms with Gasteiger partial charge in [-0.2, -0.15) is 4.31 Å². The lowest BCUT2D eigenvalue weighted by molar-refractivity contribution is 0.0387. The maximum absolute atomic E-state index is 13.6. The highest BCUT2D eigenvalue weighted by Gasteiger charge is 2.35. The zero-order valence-electron chi connectivity index (χ0n) is 22.6. The van der Waals surface area contributed by atoms with Crippen molar-refractivity contribution in [2.24, 2.45) is 5.92 Å². The van der Waals surface area contributed by atoms with Gasteiger partial charge in [0.05, 0.1) is 24.8 Å². The second kappa shape index (κ2) is 12.7. The Morgan fingerprint density at radius 1 is 1.26 bits per heavy atom. The Kier molecular flexibility index (Phi) is 9.52. The van der Waals surface area contributed by atoms with E-state index in [2.05, 4.69) is 10.6 Å². The number of aliphatic hydroxyl groups is 1. The number of amides is 3. The number of rotatable bonds is 8. The van der Waals surface area contributed by atoms with Crippen molar-refractivity contribution in [3.63, 3.8) is 0 Å². The van der Waals surface area contributed by atoms with Crippen molar-refractivity contribution in [3.05, 3.63) is 41.3 Å². The first kappa shape index (κ1) is 29.3. The molecule has 12 heteroatoms. The standard InChI is InChI=1S/C27H38N4O6S2/c1-18-15-31(19(2)17-32)26(33)22-14-21(29-27(34)28-20-8-5-4-6-9-20)11-12-23(22)37-24(18)16-30(3)39(35,36)25-10-7-13-38-25/h7,10-14,18-20,24,32H,4-6,8-9,15-17H2,1-3H3,(H2,28,29,34)/t18-,19+,24+/m1/s1. The Bertz CT molecular complexity index is 1250. The van der Waals surface area contributed by atoms with Crippen molar-refractivity contribution in [2.45, 2.75) is 68.3 Å². The van der Waals surface area contributed by atoms with Gasteiger partial charge in [-0.1, -0.05) is 32.3 Å². The molecule has 0 radical (unpaired) electrons. The van der Waals surface area contributed by atoms with Gasteiger partial charge < -0.3 is 25.4 Å². The summed E-state index contributed by atoms with van der Waals surface area (Å²) < 4.78 is 34.0. The van der Waals surface area contributed by atoms with E-state index in [4.69, 9.17) is 4.74 Å². The number of benzene rings is 1. The summed E-state index contributed by atoms with van der Waals surface area (Å²) in [6.45, 7) is 3.76. The quantitative estimate of drug-likeness (QED) is 0.438. The average molecular weight is 579 g/mol. The minimum Gasteiger partial charge on any atom is -0.488 e. The van der Waals surface area contributed by atoms with Crippen LogP contribution in [0.25, 0.3) is 0 Å². The highest BCUT2D eigenvalue weighted by atomic mass is 32.2. The third-order valence-corrected chi connectivity index (χ3v) is 10.7. The van der Waals surface area contributed by atoms with Crippen molar-refractivity contribution < 1.29 is 27.9 Å². The maximum atomic E-state index is 13.6. The van der Waals surface area contributed by atoms with Crippen molar-refractivity contribution >= 4 is 39.0 Å². The smallest absolute Gasteiger partial charge is 0.319 e. The van der Waals surface area contributed by atoms with Gasteiger partial charge in [0, 0.05) is 31.2 Å².